The Hall–Kier alpha value is -2.30. The van der Waals surface area contributed by atoms with Crippen molar-refractivity contribution in [2.75, 3.05) is 13.7 Å². The summed E-state index contributed by atoms with van der Waals surface area (Å²) in [5.41, 5.74) is 2.80. The van der Waals surface area contributed by atoms with Crippen LogP contribution in [-0.2, 0) is 16.0 Å². The van der Waals surface area contributed by atoms with Gasteiger partial charge >= 0.3 is 12.1 Å². The molecule has 5 nitrogen and oxygen atoms in total. The summed E-state index contributed by atoms with van der Waals surface area (Å²) in [6.45, 7) is 0.528. The summed E-state index contributed by atoms with van der Waals surface area (Å²) in [6, 6.07) is 7.57. The first-order valence-electron chi connectivity index (χ1n) is 6.46. The van der Waals surface area contributed by atoms with E-state index in [1.54, 1.807) is 6.20 Å². The zero-order chi connectivity index (χ0) is 14.5. The maximum absolute atomic E-state index is 11.3. The number of hydrogen-bond acceptors (Lipinski definition) is 3. The van der Waals surface area contributed by atoms with Gasteiger partial charge in [-0.2, -0.15) is 0 Å². The fraction of sp³-hybridized carbons (Fsp3) is 0.333. The van der Waals surface area contributed by atoms with Crippen molar-refractivity contribution in [3.05, 3.63) is 41.6 Å². The van der Waals surface area contributed by atoms with Gasteiger partial charge in [0.1, 0.15) is 0 Å². The van der Waals surface area contributed by atoms with E-state index in [0.29, 0.717) is 6.54 Å². The van der Waals surface area contributed by atoms with E-state index in [1.807, 2.05) is 24.3 Å². The van der Waals surface area contributed by atoms with Crippen LogP contribution in [0.15, 0.2) is 30.5 Å². The first-order chi connectivity index (χ1) is 9.60. The minimum absolute atomic E-state index is 0.222. The highest BCUT2D eigenvalue weighted by molar-refractivity contribution is 5.75. The number of benzene rings is 1. The molecular formula is C15H17NO4. The Morgan fingerprint density at radius 3 is 2.90 bits per heavy atom. The molecule has 1 aromatic rings. The number of hydrogen-bond donors (Lipinski definition) is 1. The molecule has 1 aliphatic heterocycles. The van der Waals surface area contributed by atoms with Gasteiger partial charge in [-0.05, 0) is 29.5 Å². The van der Waals surface area contributed by atoms with Gasteiger partial charge in [0.05, 0.1) is 13.5 Å². The number of amides is 1. The Balaban J connectivity index is 2.22. The summed E-state index contributed by atoms with van der Waals surface area (Å²) in [5, 5.41) is 9.03. The lowest BCUT2D eigenvalue weighted by atomic mass is 9.97. The molecule has 5 heteroatoms. The second-order valence-corrected chi connectivity index (χ2v) is 4.69. The van der Waals surface area contributed by atoms with Crippen molar-refractivity contribution in [2.24, 2.45) is 0 Å². The molecule has 0 radical (unpaired) electrons. The van der Waals surface area contributed by atoms with E-state index < -0.39 is 6.09 Å². The number of carboxylic acid groups (broad SMARTS) is 1. The van der Waals surface area contributed by atoms with Crippen molar-refractivity contribution in [1.29, 1.82) is 0 Å². The first-order valence-corrected chi connectivity index (χ1v) is 6.46. The van der Waals surface area contributed by atoms with Gasteiger partial charge in [-0.15, -0.1) is 0 Å². The highest BCUT2D eigenvalue weighted by atomic mass is 16.5. The van der Waals surface area contributed by atoms with Crippen LogP contribution in [0.25, 0.3) is 5.57 Å². The molecule has 0 saturated heterocycles. The zero-order valence-electron chi connectivity index (χ0n) is 11.3. The smallest absolute Gasteiger partial charge is 0.411 e. The van der Waals surface area contributed by atoms with E-state index in [-0.39, 0.29) is 12.4 Å². The summed E-state index contributed by atoms with van der Waals surface area (Å²) in [4.78, 5) is 23.6. The minimum Gasteiger partial charge on any atom is -0.469 e. The fourth-order valence-electron chi connectivity index (χ4n) is 2.25. The highest BCUT2D eigenvalue weighted by Crippen LogP contribution is 2.25. The lowest BCUT2D eigenvalue weighted by molar-refractivity contribution is -0.139. The minimum atomic E-state index is -0.937. The first kappa shape index (κ1) is 14.1. The molecule has 0 bridgehead atoms. The Morgan fingerprint density at radius 2 is 2.20 bits per heavy atom. The monoisotopic (exact) mass is 275 g/mol. The lowest BCUT2D eigenvalue weighted by Crippen LogP contribution is -2.27. The molecule has 1 aromatic carbocycles. The molecule has 0 fully saturated rings. The molecule has 106 valence electrons. The van der Waals surface area contributed by atoms with Gasteiger partial charge in [0.15, 0.2) is 0 Å². The summed E-state index contributed by atoms with van der Waals surface area (Å²) >= 11 is 0. The maximum atomic E-state index is 11.3. The molecule has 0 saturated carbocycles. The van der Waals surface area contributed by atoms with Crippen LogP contribution < -0.4 is 0 Å². The third kappa shape index (κ3) is 3.38. The number of allylic oxidation sites excluding steroid dienone is 1. The van der Waals surface area contributed by atoms with Crippen molar-refractivity contribution in [1.82, 2.24) is 4.90 Å². The topological polar surface area (TPSA) is 66.8 Å². The van der Waals surface area contributed by atoms with E-state index in [0.717, 1.165) is 29.5 Å². The molecule has 20 heavy (non-hydrogen) atoms. The van der Waals surface area contributed by atoms with Crippen molar-refractivity contribution in [3.63, 3.8) is 0 Å². The van der Waals surface area contributed by atoms with Crippen molar-refractivity contribution >= 4 is 17.6 Å². The Kier molecular flexibility index (Phi) is 4.40. The van der Waals surface area contributed by atoms with Crippen LogP contribution in [0.2, 0.25) is 0 Å². The van der Waals surface area contributed by atoms with E-state index in [4.69, 9.17) is 5.11 Å². The number of esters is 1. The van der Waals surface area contributed by atoms with Crippen LogP contribution in [-0.4, -0.2) is 35.7 Å². The van der Waals surface area contributed by atoms with Crippen LogP contribution in [0.1, 0.15) is 24.0 Å². The highest BCUT2D eigenvalue weighted by Gasteiger charge is 2.16. The van der Waals surface area contributed by atoms with Crippen molar-refractivity contribution < 1.29 is 19.4 Å². The normalized spacial score (nSPS) is 14.7. The predicted octanol–water partition coefficient (Wildman–Crippen LogP) is 2.52. The van der Waals surface area contributed by atoms with E-state index in [2.05, 4.69) is 4.74 Å². The largest absolute Gasteiger partial charge is 0.469 e. The van der Waals surface area contributed by atoms with Crippen LogP contribution in [0, 0.1) is 0 Å². The Labute approximate surface area is 117 Å². The van der Waals surface area contributed by atoms with Gasteiger partial charge < -0.3 is 9.84 Å². The van der Waals surface area contributed by atoms with Gasteiger partial charge in [0, 0.05) is 12.7 Å². The number of carbonyl (C=O) groups excluding carboxylic acids is 1. The number of methoxy groups -OCH3 is 1. The molecule has 0 unspecified atom stereocenters. The number of carbonyl (C=O) groups is 2. The second-order valence-electron chi connectivity index (χ2n) is 4.69. The van der Waals surface area contributed by atoms with E-state index in [1.165, 1.54) is 12.0 Å². The third-order valence-corrected chi connectivity index (χ3v) is 3.28. The molecule has 0 atom stereocenters. The molecule has 1 heterocycles. The summed E-state index contributed by atoms with van der Waals surface area (Å²) in [5.74, 6) is -0.285. The maximum Gasteiger partial charge on any atom is 0.411 e. The van der Waals surface area contributed by atoms with Crippen LogP contribution in [0.3, 0.4) is 0 Å². The average molecular weight is 275 g/mol. The Bertz CT molecular complexity index is 551. The number of rotatable bonds is 3. The fourth-order valence-corrected chi connectivity index (χ4v) is 2.25. The molecular weight excluding hydrogens is 258 g/mol. The number of nitrogens with zero attached hydrogens (tertiary/aromatic N) is 1. The standard InChI is InChI=1S/C15H17NO4/c1-20-14(17)9-11-4-2-5-12(8-11)13-6-3-7-16(10-13)15(18)19/h2,4-5,8,10H,3,6-7,9H2,1H3,(H,18,19). The van der Waals surface area contributed by atoms with Crippen LogP contribution in [0.4, 0.5) is 4.79 Å². The van der Waals surface area contributed by atoms with E-state index in [9.17, 15) is 9.59 Å². The average Bonchev–Trinajstić information content (AvgIpc) is 2.47. The van der Waals surface area contributed by atoms with Gasteiger partial charge in [-0.3, -0.25) is 9.69 Å². The summed E-state index contributed by atoms with van der Waals surface area (Å²) in [7, 11) is 1.36. The quantitative estimate of drug-likeness (QED) is 0.861. The molecule has 2 rings (SSSR count). The predicted molar refractivity (Wildman–Crippen MR) is 74.1 cm³/mol. The molecule has 1 N–H and O–H groups in total. The van der Waals surface area contributed by atoms with Crippen LogP contribution >= 0.6 is 0 Å². The van der Waals surface area contributed by atoms with Crippen molar-refractivity contribution in [2.45, 2.75) is 19.3 Å². The van der Waals surface area contributed by atoms with Crippen LogP contribution in [0.5, 0.6) is 0 Å². The molecule has 1 aliphatic rings. The SMILES string of the molecule is COC(=O)Cc1cccc(C2=CN(C(=O)O)CCC2)c1. The van der Waals surface area contributed by atoms with Crippen molar-refractivity contribution in [3.8, 4) is 0 Å². The molecule has 0 spiro atoms. The van der Waals surface area contributed by atoms with Gasteiger partial charge in [0.2, 0.25) is 0 Å². The molecule has 0 aliphatic carbocycles. The van der Waals surface area contributed by atoms with E-state index >= 15 is 0 Å². The van der Waals surface area contributed by atoms with Gasteiger partial charge in [0.25, 0.3) is 0 Å². The number of ether oxygens (including phenoxy) is 1. The van der Waals surface area contributed by atoms with Gasteiger partial charge in [-0.25, -0.2) is 4.79 Å². The second kappa shape index (κ2) is 6.23. The summed E-state index contributed by atoms with van der Waals surface area (Å²) < 4.78 is 4.65. The Morgan fingerprint density at radius 1 is 1.40 bits per heavy atom. The third-order valence-electron chi connectivity index (χ3n) is 3.28. The summed E-state index contributed by atoms with van der Waals surface area (Å²) in [6.07, 6.45) is 2.60. The molecule has 0 aromatic heterocycles. The van der Waals surface area contributed by atoms with Gasteiger partial charge in [-0.1, -0.05) is 24.3 Å². The zero-order valence-corrected chi connectivity index (χ0v) is 11.3. The molecule has 1 amide bonds. The lowest BCUT2D eigenvalue weighted by Gasteiger charge is -2.22.